The van der Waals surface area contributed by atoms with Crippen molar-refractivity contribution in [2.75, 3.05) is 30.4 Å². The van der Waals surface area contributed by atoms with E-state index in [4.69, 9.17) is 4.74 Å². The standard InChI is InChI=1S/C21H23N3O3S/c1-3-4-13-27-20(26)15-9-11-16(12-10-15)22-19(25)14-24(2)21-23-17-7-5-6-8-18(17)28-21/h5-12H,3-4,13-14H2,1-2H3,(H,22,25). The van der Waals surface area contributed by atoms with Crippen molar-refractivity contribution in [3.8, 4) is 0 Å². The van der Waals surface area contributed by atoms with Gasteiger partial charge in [-0.1, -0.05) is 36.8 Å². The molecule has 0 saturated heterocycles. The Morgan fingerprint density at radius 2 is 1.89 bits per heavy atom. The highest BCUT2D eigenvalue weighted by Crippen LogP contribution is 2.27. The summed E-state index contributed by atoms with van der Waals surface area (Å²) in [6.45, 7) is 2.64. The first kappa shape index (κ1) is 19.8. The zero-order valence-electron chi connectivity index (χ0n) is 16.0. The van der Waals surface area contributed by atoms with Crippen LogP contribution in [0.4, 0.5) is 10.8 Å². The summed E-state index contributed by atoms with van der Waals surface area (Å²) in [5.74, 6) is -0.498. The Labute approximate surface area is 168 Å². The van der Waals surface area contributed by atoms with E-state index in [2.05, 4.69) is 10.3 Å². The summed E-state index contributed by atoms with van der Waals surface area (Å²) < 4.78 is 6.27. The van der Waals surface area contributed by atoms with Gasteiger partial charge >= 0.3 is 5.97 Å². The maximum atomic E-state index is 12.3. The number of para-hydroxylation sites is 1. The van der Waals surface area contributed by atoms with Gasteiger partial charge in [0.2, 0.25) is 5.91 Å². The number of amides is 1. The second kappa shape index (κ2) is 9.32. The van der Waals surface area contributed by atoms with Gasteiger partial charge < -0.3 is 15.0 Å². The quantitative estimate of drug-likeness (QED) is 0.452. The van der Waals surface area contributed by atoms with Crippen molar-refractivity contribution >= 4 is 44.2 Å². The molecule has 0 atom stereocenters. The lowest BCUT2D eigenvalue weighted by Crippen LogP contribution is -2.29. The molecule has 2 aromatic carbocycles. The van der Waals surface area contributed by atoms with Crippen LogP contribution in [0.15, 0.2) is 48.5 Å². The summed E-state index contributed by atoms with van der Waals surface area (Å²) in [5.41, 5.74) is 2.03. The Morgan fingerprint density at radius 3 is 2.61 bits per heavy atom. The molecular formula is C21H23N3O3S. The predicted molar refractivity (Wildman–Crippen MR) is 113 cm³/mol. The number of rotatable bonds is 8. The molecule has 1 heterocycles. The van der Waals surface area contributed by atoms with Gasteiger partial charge in [-0.2, -0.15) is 0 Å². The number of aromatic nitrogens is 1. The minimum absolute atomic E-state index is 0.153. The SMILES string of the molecule is CCCCOC(=O)c1ccc(NC(=O)CN(C)c2nc3ccccc3s2)cc1. The maximum Gasteiger partial charge on any atom is 0.338 e. The lowest BCUT2D eigenvalue weighted by Gasteiger charge is -2.15. The van der Waals surface area contributed by atoms with Gasteiger partial charge in [0.15, 0.2) is 5.13 Å². The molecule has 146 valence electrons. The Hall–Kier alpha value is -2.93. The van der Waals surface area contributed by atoms with Gasteiger partial charge in [0.25, 0.3) is 0 Å². The maximum absolute atomic E-state index is 12.3. The first-order chi connectivity index (χ1) is 13.6. The number of hydrogen-bond donors (Lipinski definition) is 1. The van der Waals surface area contributed by atoms with E-state index in [-0.39, 0.29) is 18.4 Å². The average Bonchev–Trinajstić information content (AvgIpc) is 3.13. The third kappa shape index (κ3) is 5.07. The highest BCUT2D eigenvalue weighted by molar-refractivity contribution is 7.22. The Balaban J connectivity index is 1.54. The summed E-state index contributed by atoms with van der Waals surface area (Å²) in [5, 5.41) is 3.63. The summed E-state index contributed by atoms with van der Waals surface area (Å²) in [6, 6.07) is 14.6. The molecule has 6 nitrogen and oxygen atoms in total. The van der Waals surface area contributed by atoms with Crippen molar-refractivity contribution < 1.29 is 14.3 Å². The Morgan fingerprint density at radius 1 is 1.14 bits per heavy atom. The van der Waals surface area contributed by atoms with E-state index in [0.717, 1.165) is 28.2 Å². The first-order valence-electron chi connectivity index (χ1n) is 9.20. The van der Waals surface area contributed by atoms with Crippen LogP contribution in [0, 0.1) is 0 Å². The number of esters is 1. The molecule has 7 heteroatoms. The van der Waals surface area contributed by atoms with Crippen molar-refractivity contribution in [3.63, 3.8) is 0 Å². The zero-order valence-corrected chi connectivity index (χ0v) is 16.8. The Kier molecular flexibility index (Phi) is 6.60. The summed E-state index contributed by atoms with van der Waals surface area (Å²) >= 11 is 1.55. The summed E-state index contributed by atoms with van der Waals surface area (Å²) in [7, 11) is 1.84. The number of anilines is 2. The van der Waals surface area contributed by atoms with Crippen LogP contribution >= 0.6 is 11.3 Å². The van der Waals surface area contributed by atoms with E-state index in [1.54, 1.807) is 35.6 Å². The van der Waals surface area contributed by atoms with Gasteiger partial charge in [0.1, 0.15) is 0 Å². The van der Waals surface area contributed by atoms with Crippen molar-refractivity contribution in [1.29, 1.82) is 0 Å². The van der Waals surface area contributed by atoms with Crippen LogP contribution in [0.1, 0.15) is 30.1 Å². The Bertz CT molecular complexity index is 920. The summed E-state index contributed by atoms with van der Waals surface area (Å²) in [6.07, 6.45) is 1.83. The molecule has 1 N–H and O–H groups in total. The largest absolute Gasteiger partial charge is 0.462 e. The van der Waals surface area contributed by atoms with Gasteiger partial charge in [-0.05, 0) is 42.8 Å². The highest BCUT2D eigenvalue weighted by Gasteiger charge is 2.13. The van der Waals surface area contributed by atoms with Crippen LogP contribution in [0.25, 0.3) is 10.2 Å². The topological polar surface area (TPSA) is 71.5 Å². The number of thiazole rings is 1. The first-order valence-corrected chi connectivity index (χ1v) is 10.0. The van der Waals surface area contributed by atoms with E-state index in [1.165, 1.54) is 0 Å². The van der Waals surface area contributed by atoms with Crippen molar-refractivity contribution in [3.05, 3.63) is 54.1 Å². The molecule has 1 aromatic heterocycles. The van der Waals surface area contributed by atoms with E-state index < -0.39 is 0 Å². The van der Waals surface area contributed by atoms with Gasteiger partial charge in [-0.15, -0.1) is 0 Å². The van der Waals surface area contributed by atoms with Crippen LogP contribution in [-0.2, 0) is 9.53 Å². The lowest BCUT2D eigenvalue weighted by molar-refractivity contribution is -0.114. The van der Waals surface area contributed by atoms with Crippen LogP contribution in [0.3, 0.4) is 0 Å². The van der Waals surface area contributed by atoms with Gasteiger partial charge in [0, 0.05) is 12.7 Å². The molecule has 0 radical (unpaired) electrons. The predicted octanol–water partition coefficient (Wildman–Crippen LogP) is 4.33. The average molecular weight is 398 g/mol. The number of fused-ring (bicyclic) bond motifs is 1. The fraction of sp³-hybridized carbons (Fsp3) is 0.286. The molecule has 3 rings (SSSR count). The molecule has 0 bridgehead atoms. The van der Waals surface area contributed by atoms with Gasteiger partial charge in [-0.3, -0.25) is 4.79 Å². The number of nitrogens with zero attached hydrogens (tertiary/aromatic N) is 2. The van der Waals surface area contributed by atoms with E-state index in [9.17, 15) is 9.59 Å². The molecule has 0 aliphatic heterocycles. The zero-order chi connectivity index (χ0) is 19.9. The minimum atomic E-state index is -0.345. The minimum Gasteiger partial charge on any atom is -0.462 e. The van der Waals surface area contributed by atoms with Crippen LogP contribution < -0.4 is 10.2 Å². The van der Waals surface area contributed by atoms with Crippen molar-refractivity contribution in [1.82, 2.24) is 4.98 Å². The molecule has 3 aromatic rings. The third-order valence-electron chi connectivity index (χ3n) is 4.13. The second-order valence-electron chi connectivity index (χ2n) is 6.44. The molecule has 28 heavy (non-hydrogen) atoms. The molecular weight excluding hydrogens is 374 g/mol. The molecule has 0 fully saturated rings. The molecule has 0 aliphatic rings. The number of benzene rings is 2. The fourth-order valence-electron chi connectivity index (χ4n) is 2.59. The smallest absolute Gasteiger partial charge is 0.338 e. The molecule has 0 aliphatic carbocycles. The van der Waals surface area contributed by atoms with E-state index in [1.807, 2.05) is 43.1 Å². The number of hydrogen-bond acceptors (Lipinski definition) is 6. The molecule has 0 saturated carbocycles. The summed E-state index contributed by atoms with van der Waals surface area (Å²) in [4.78, 5) is 30.6. The lowest BCUT2D eigenvalue weighted by atomic mass is 10.2. The van der Waals surface area contributed by atoms with Crippen LogP contribution in [0.2, 0.25) is 0 Å². The van der Waals surface area contributed by atoms with Crippen molar-refractivity contribution in [2.45, 2.75) is 19.8 Å². The van der Waals surface area contributed by atoms with Crippen LogP contribution in [0.5, 0.6) is 0 Å². The number of unbranched alkanes of at least 4 members (excludes halogenated alkanes) is 1. The number of likely N-dealkylation sites (N-methyl/N-ethyl adjacent to an activating group) is 1. The normalized spacial score (nSPS) is 10.6. The van der Waals surface area contributed by atoms with Gasteiger partial charge in [-0.25, -0.2) is 9.78 Å². The third-order valence-corrected chi connectivity index (χ3v) is 5.28. The highest BCUT2D eigenvalue weighted by atomic mass is 32.1. The molecule has 1 amide bonds. The van der Waals surface area contributed by atoms with Crippen molar-refractivity contribution in [2.24, 2.45) is 0 Å². The molecule has 0 unspecified atom stereocenters. The molecule has 0 spiro atoms. The van der Waals surface area contributed by atoms with E-state index in [0.29, 0.717) is 17.9 Å². The number of carbonyl (C=O) groups excluding carboxylic acids is 2. The van der Waals surface area contributed by atoms with Gasteiger partial charge in [0.05, 0.1) is 28.9 Å². The number of nitrogens with one attached hydrogen (secondary N) is 1. The van der Waals surface area contributed by atoms with E-state index >= 15 is 0 Å². The fourth-order valence-corrected chi connectivity index (χ4v) is 3.51. The monoisotopic (exact) mass is 397 g/mol. The van der Waals surface area contributed by atoms with Crippen LogP contribution in [-0.4, -0.2) is 37.1 Å². The second-order valence-corrected chi connectivity index (χ2v) is 7.44. The number of ether oxygens (including phenoxy) is 1. The number of carbonyl (C=O) groups is 2.